The Bertz CT molecular complexity index is 810. The van der Waals surface area contributed by atoms with E-state index < -0.39 is 15.8 Å². The van der Waals surface area contributed by atoms with Crippen molar-refractivity contribution in [1.29, 1.82) is 0 Å². The molecule has 0 aliphatic heterocycles. The van der Waals surface area contributed by atoms with Crippen molar-refractivity contribution in [1.82, 2.24) is 9.97 Å². The zero-order valence-electron chi connectivity index (χ0n) is 11.7. The van der Waals surface area contributed by atoms with Crippen LogP contribution in [0.4, 0.5) is 11.6 Å². The Balaban J connectivity index is 2.58. The second-order valence-corrected chi connectivity index (χ2v) is 6.68. The lowest BCUT2D eigenvalue weighted by molar-refractivity contribution is 0.0600. The standard InChI is InChI=1S/C13H12ClN3O4S/c1-21-12(18)8-6-11(22(2,19)20)10(7-9(8)14)17-13-15-4-3-5-16-13/h3-7H,1-2H3,(H,15,16,17). The highest BCUT2D eigenvalue weighted by atomic mass is 35.5. The number of carbonyl (C=O) groups is 1. The minimum absolute atomic E-state index is 0.0379. The highest BCUT2D eigenvalue weighted by Crippen LogP contribution is 2.30. The first kappa shape index (κ1) is 16.2. The number of hydrogen-bond acceptors (Lipinski definition) is 7. The summed E-state index contributed by atoms with van der Waals surface area (Å²) in [5.41, 5.74) is 0.135. The monoisotopic (exact) mass is 341 g/mol. The van der Waals surface area contributed by atoms with Crippen LogP contribution in [0.15, 0.2) is 35.5 Å². The van der Waals surface area contributed by atoms with Crippen LogP contribution in [0.1, 0.15) is 10.4 Å². The van der Waals surface area contributed by atoms with Gasteiger partial charge in [-0.1, -0.05) is 11.6 Å². The zero-order chi connectivity index (χ0) is 16.3. The summed E-state index contributed by atoms with van der Waals surface area (Å²) in [4.78, 5) is 19.4. The number of esters is 1. The SMILES string of the molecule is COC(=O)c1cc(S(C)(=O)=O)c(Nc2ncccn2)cc1Cl. The van der Waals surface area contributed by atoms with Gasteiger partial charge in [0.25, 0.3) is 0 Å². The Labute approximate surface area is 132 Å². The van der Waals surface area contributed by atoms with E-state index in [1.807, 2.05) is 0 Å². The molecule has 116 valence electrons. The van der Waals surface area contributed by atoms with Crippen LogP contribution in [0, 0.1) is 0 Å². The number of rotatable bonds is 4. The minimum Gasteiger partial charge on any atom is -0.465 e. The first-order valence-corrected chi connectivity index (χ1v) is 8.26. The lowest BCUT2D eigenvalue weighted by Crippen LogP contribution is -2.09. The Morgan fingerprint density at radius 1 is 1.27 bits per heavy atom. The summed E-state index contributed by atoms with van der Waals surface area (Å²) < 4.78 is 28.5. The Hall–Kier alpha value is -2.19. The van der Waals surface area contributed by atoms with E-state index >= 15 is 0 Å². The quantitative estimate of drug-likeness (QED) is 0.850. The van der Waals surface area contributed by atoms with Gasteiger partial charge in [0.05, 0.1) is 28.3 Å². The van der Waals surface area contributed by atoms with Gasteiger partial charge in [-0.05, 0) is 18.2 Å². The van der Waals surface area contributed by atoms with Crippen LogP contribution < -0.4 is 5.32 Å². The molecule has 7 nitrogen and oxygen atoms in total. The van der Waals surface area contributed by atoms with E-state index in [9.17, 15) is 13.2 Å². The molecule has 0 fully saturated rings. The average Bonchev–Trinajstić information content (AvgIpc) is 2.46. The van der Waals surface area contributed by atoms with E-state index in [-0.39, 0.29) is 27.1 Å². The minimum atomic E-state index is -3.62. The number of aromatic nitrogens is 2. The van der Waals surface area contributed by atoms with E-state index in [1.54, 1.807) is 6.07 Å². The van der Waals surface area contributed by atoms with Crippen molar-refractivity contribution in [3.8, 4) is 0 Å². The van der Waals surface area contributed by atoms with E-state index in [0.29, 0.717) is 0 Å². The molecule has 2 aromatic rings. The predicted octanol–water partition coefficient (Wildman–Crippen LogP) is 2.06. The molecule has 0 radical (unpaired) electrons. The fourth-order valence-corrected chi connectivity index (χ4v) is 2.79. The molecule has 1 heterocycles. The van der Waals surface area contributed by atoms with Crippen molar-refractivity contribution in [2.24, 2.45) is 0 Å². The van der Waals surface area contributed by atoms with Crippen molar-refractivity contribution < 1.29 is 17.9 Å². The molecule has 22 heavy (non-hydrogen) atoms. The van der Waals surface area contributed by atoms with Gasteiger partial charge in [-0.15, -0.1) is 0 Å². The van der Waals surface area contributed by atoms with Crippen LogP contribution in [0.3, 0.4) is 0 Å². The first-order valence-electron chi connectivity index (χ1n) is 5.99. The molecule has 0 bridgehead atoms. The molecule has 0 saturated carbocycles. The number of hydrogen-bond donors (Lipinski definition) is 1. The van der Waals surface area contributed by atoms with Gasteiger partial charge in [-0.3, -0.25) is 0 Å². The van der Waals surface area contributed by atoms with Crippen molar-refractivity contribution >= 4 is 39.0 Å². The van der Waals surface area contributed by atoms with Gasteiger partial charge in [0.1, 0.15) is 0 Å². The van der Waals surface area contributed by atoms with E-state index in [4.69, 9.17) is 11.6 Å². The lowest BCUT2D eigenvalue weighted by atomic mass is 10.2. The number of halogens is 1. The smallest absolute Gasteiger partial charge is 0.339 e. The average molecular weight is 342 g/mol. The largest absolute Gasteiger partial charge is 0.465 e. The number of nitrogens with one attached hydrogen (secondary N) is 1. The molecule has 1 aromatic carbocycles. The number of carbonyl (C=O) groups excluding carboxylic acids is 1. The number of methoxy groups -OCH3 is 1. The van der Waals surface area contributed by atoms with E-state index in [0.717, 1.165) is 12.3 Å². The van der Waals surface area contributed by atoms with E-state index in [1.165, 1.54) is 25.6 Å². The Morgan fingerprint density at radius 3 is 2.45 bits per heavy atom. The maximum absolute atomic E-state index is 11.9. The van der Waals surface area contributed by atoms with Crippen LogP contribution in [0.2, 0.25) is 5.02 Å². The van der Waals surface area contributed by atoms with Crippen molar-refractivity contribution in [2.75, 3.05) is 18.7 Å². The van der Waals surface area contributed by atoms with Gasteiger partial charge in [0, 0.05) is 18.6 Å². The molecule has 1 N–H and O–H groups in total. The molecular weight excluding hydrogens is 330 g/mol. The highest BCUT2D eigenvalue weighted by molar-refractivity contribution is 7.90. The molecular formula is C13H12ClN3O4S. The van der Waals surface area contributed by atoms with Crippen LogP contribution in [-0.2, 0) is 14.6 Å². The second kappa shape index (κ2) is 6.29. The summed E-state index contributed by atoms with van der Waals surface area (Å²) >= 11 is 6.01. The molecule has 0 aliphatic rings. The third-order valence-electron chi connectivity index (χ3n) is 2.69. The third kappa shape index (κ3) is 3.52. The second-order valence-electron chi connectivity index (χ2n) is 4.29. The molecule has 0 atom stereocenters. The third-order valence-corrected chi connectivity index (χ3v) is 4.14. The number of benzene rings is 1. The topological polar surface area (TPSA) is 98.2 Å². The maximum Gasteiger partial charge on any atom is 0.339 e. The number of nitrogens with zero attached hydrogens (tertiary/aromatic N) is 2. The van der Waals surface area contributed by atoms with Gasteiger partial charge in [0.15, 0.2) is 9.84 Å². The van der Waals surface area contributed by atoms with Crippen LogP contribution in [0.25, 0.3) is 0 Å². The molecule has 0 saturated heterocycles. The first-order chi connectivity index (χ1) is 10.3. The normalized spacial score (nSPS) is 11.0. The Morgan fingerprint density at radius 2 is 1.91 bits per heavy atom. The molecule has 0 amide bonds. The number of ether oxygens (including phenoxy) is 1. The lowest BCUT2D eigenvalue weighted by Gasteiger charge is -2.12. The van der Waals surface area contributed by atoms with Gasteiger partial charge in [0.2, 0.25) is 5.95 Å². The summed E-state index contributed by atoms with van der Waals surface area (Å²) in [7, 11) is -2.44. The summed E-state index contributed by atoms with van der Waals surface area (Å²) in [6.45, 7) is 0. The fourth-order valence-electron chi connectivity index (χ4n) is 1.71. The Kier molecular flexibility index (Phi) is 4.62. The summed E-state index contributed by atoms with van der Waals surface area (Å²) in [5.74, 6) is -0.522. The van der Waals surface area contributed by atoms with Gasteiger partial charge < -0.3 is 10.1 Å². The molecule has 0 spiro atoms. The van der Waals surface area contributed by atoms with E-state index in [2.05, 4.69) is 20.0 Å². The van der Waals surface area contributed by atoms with Crippen molar-refractivity contribution in [2.45, 2.75) is 4.90 Å². The van der Waals surface area contributed by atoms with Gasteiger partial charge in [-0.25, -0.2) is 23.2 Å². The van der Waals surface area contributed by atoms with Gasteiger partial charge in [-0.2, -0.15) is 0 Å². The summed E-state index contributed by atoms with van der Waals surface area (Å²) in [5, 5.41) is 2.82. The van der Waals surface area contributed by atoms with Crippen molar-refractivity contribution in [3.63, 3.8) is 0 Å². The zero-order valence-corrected chi connectivity index (χ0v) is 13.3. The van der Waals surface area contributed by atoms with Gasteiger partial charge >= 0.3 is 5.97 Å². The predicted molar refractivity (Wildman–Crippen MR) is 81.2 cm³/mol. The van der Waals surface area contributed by atoms with Crippen LogP contribution >= 0.6 is 11.6 Å². The molecule has 0 unspecified atom stereocenters. The molecule has 0 aliphatic carbocycles. The molecule has 1 aromatic heterocycles. The molecule has 2 rings (SSSR count). The number of anilines is 2. The van der Waals surface area contributed by atoms with Crippen molar-refractivity contribution in [3.05, 3.63) is 41.2 Å². The molecule has 9 heteroatoms. The van der Waals surface area contributed by atoms with Crippen LogP contribution in [-0.4, -0.2) is 37.7 Å². The number of sulfone groups is 1. The van der Waals surface area contributed by atoms with Crippen LogP contribution in [0.5, 0.6) is 0 Å². The maximum atomic E-state index is 11.9. The summed E-state index contributed by atoms with van der Waals surface area (Å²) in [6.07, 6.45) is 4.02. The summed E-state index contributed by atoms with van der Waals surface area (Å²) in [6, 6.07) is 4.10. The fraction of sp³-hybridized carbons (Fsp3) is 0.154. The highest BCUT2D eigenvalue weighted by Gasteiger charge is 2.21.